The first-order chi connectivity index (χ1) is 9.04. The largest absolute Gasteiger partial charge is 0.309 e. The molecule has 3 N–H and O–H groups in total. The molecule has 5 heteroatoms. The molecule has 0 aliphatic heterocycles. The standard InChI is InChI=1S/C14H24N4O/c1-17(2)9-6-10-18(3)11-12-7-4-5-8-13(12)14(19)16-15/h4-5,7-8H,6,9-11,15H2,1-3H3,(H,16,19). The Kier molecular flexibility index (Phi) is 6.49. The second-order valence-electron chi connectivity index (χ2n) is 5.03. The van der Waals surface area contributed by atoms with E-state index in [4.69, 9.17) is 5.84 Å². The molecule has 0 atom stereocenters. The third kappa shape index (κ3) is 5.38. The van der Waals surface area contributed by atoms with Crippen molar-refractivity contribution in [2.75, 3.05) is 34.2 Å². The number of nitrogens with zero attached hydrogens (tertiary/aromatic N) is 2. The van der Waals surface area contributed by atoms with Crippen molar-refractivity contribution in [1.82, 2.24) is 15.2 Å². The van der Waals surface area contributed by atoms with Gasteiger partial charge >= 0.3 is 0 Å². The average molecular weight is 264 g/mol. The van der Waals surface area contributed by atoms with Gasteiger partial charge in [-0.05, 0) is 52.3 Å². The lowest BCUT2D eigenvalue weighted by Gasteiger charge is -2.19. The van der Waals surface area contributed by atoms with E-state index in [1.807, 2.05) is 18.2 Å². The predicted molar refractivity (Wildman–Crippen MR) is 77.6 cm³/mol. The van der Waals surface area contributed by atoms with Crippen LogP contribution in [0.5, 0.6) is 0 Å². The summed E-state index contributed by atoms with van der Waals surface area (Å²) in [6.45, 7) is 2.81. The number of nitrogens with two attached hydrogens (primary N) is 1. The maximum Gasteiger partial charge on any atom is 0.265 e. The molecule has 0 aliphatic carbocycles. The molecule has 0 spiro atoms. The van der Waals surface area contributed by atoms with Gasteiger partial charge in [-0.15, -0.1) is 0 Å². The lowest BCUT2D eigenvalue weighted by Crippen LogP contribution is -2.31. The zero-order valence-corrected chi connectivity index (χ0v) is 12.0. The van der Waals surface area contributed by atoms with E-state index < -0.39 is 0 Å². The van der Waals surface area contributed by atoms with E-state index in [-0.39, 0.29) is 5.91 Å². The number of nitrogen functional groups attached to an aromatic ring is 1. The first kappa shape index (κ1) is 15.6. The SMILES string of the molecule is CN(C)CCCN(C)Cc1ccccc1C(=O)NN. The van der Waals surface area contributed by atoms with Crippen molar-refractivity contribution in [3.05, 3.63) is 35.4 Å². The van der Waals surface area contributed by atoms with Crippen molar-refractivity contribution in [2.24, 2.45) is 5.84 Å². The van der Waals surface area contributed by atoms with Crippen LogP contribution < -0.4 is 11.3 Å². The zero-order chi connectivity index (χ0) is 14.3. The second-order valence-corrected chi connectivity index (χ2v) is 5.03. The molecule has 0 aromatic heterocycles. The average Bonchev–Trinajstić information content (AvgIpc) is 2.38. The van der Waals surface area contributed by atoms with Crippen molar-refractivity contribution in [2.45, 2.75) is 13.0 Å². The van der Waals surface area contributed by atoms with Crippen molar-refractivity contribution in [3.8, 4) is 0 Å². The number of hydrogen-bond donors (Lipinski definition) is 2. The van der Waals surface area contributed by atoms with Gasteiger partial charge < -0.3 is 9.80 Å². The molecule has 1 rings (SSSR count). The highest BCUT2D eigenvalue weighted by atomic mass is 16.2. The fourth-order valence-corrected chi connectivity index (χ4v) is 1.98. The van der Waals surface area contributed by atoms with Crippen LogP contribution in [0.2, 0.25) is 0 Å². The Labute approximate surface area is 115 Å². The van der Waals surface area contributed by atoms with E-state index in [1.165, 1.54) is 0 Å². The monoisotopic (exact) mass is 264 g/mol. The lowest BCUT2D eigenvalue weighted by molar-refractivity contribution is 0.0952. The van der Waals surface area contributed by atoms with E-state index in [0.29, 0.717) is 5.56 Å². The Bertz CT molecular complexity index is 406. The number of carbonyl (C=O) groups excluding carboxylic acids is 1. The van der Waals surface area contributed by atoms with Crippen LogP contribution in [0.3, 0.4) is 0 Å². The van der Waals surface area contributed by atoms with Gasteiger partial charge in [-0.25, -0.2) is 5.84 Å². The first-order valence-corrected chi connectivity index (χ1v) is 6.46. The van der Waals surface area contributed by atoms with Crippen molar-refractivity contribution in [1.29, 1.82) is 0 Å². The third-order valence-electron chi connectivity index (χ3n) is 2.98. The zero-order valence-electron chi connectivity index (χ0n) is 12.0. The molecule has 0 radical (unpaired) electrons. The minimum Gasteiger partial charge on any atom is -0.309 e. The summed E-state index contributed by atoms with van der Waals surface area (Å²) in [7, 11) is 6.20. The number of nitrogens with one attached hydrogen (secondary N) is 1. The summed E-state index contributed by atoms with van der Waals surface area (Å²) in [5.74, 6) is 4.96. The fraction of sp³-hybridized carbons (Fsp3) is 0.500. The molecule has 5 nitrogen and oxygen atoms in total. The minimum absolute atomic E-state index is 0.239. The summed E-state index contributed by atoms with van der Waals surface area (Å²) >= 11 is 0. The van der Waals surface area contributed by atoms with Crippen molar-refractivity contribution >= 4 is 5.91 Å². The summed E-state index contributed by atoms with van der Waals surface area (Å²) in [6, 6.07) is 7.55. The van der Waals surface area contributed by atoms with Gasteiger partial charge in [0, 0.05) is 12.1 Å². The molecule has 0 unspecified atom stereocenters. The quantitative estimate of drug-likeness (QED) is 0.432. The molecule has 0 saturated heterocycles. The Morgan fingerprint density at radius 1 is 1.21 bits per heavy atom. The number of amides is 1. The van der Waals surface area contributed by atoms with E-state index >= 15 is 0 Å². The molecule has 1 aromatic rings. The Morgan fingerprint density at radius 2 is 1.89 bits per heavy atom. The van der Waals surface area contributed by atoms with Crippen LogP contribution in [0.1, 0.15) is 22.3 Å². The number of hydrogen-bond acceptors (Lipinski definition) is 4. The summed E-state index contributed by atoms with van der Waals surface area (Å²) < 4.78 is 0. The van der Waals surface area contributed by atoms with E-state index in [0.717, 1.165) is 31.6 Å². The van der Waals surface area contributed by atoms with E-state index in [1.54, 1.807) is 6.07 Å². The van der Waals surface area contributed by atoms with E-state index in [2.05, 4.69) is 36.4 Å². The van der Waals surface area contributed by atoms with Crippen LogP contribution in [-0.2, 0) is 6.54 Å². The number of rotatable bonds is 7. The summed E-state index contributed by atoms with van der Waals surface area (Å²) in [4.78, 5) is 16.0. The smallest absolute Gasteiger partial charge is 0.265 e. The van der Waals surface area contributed by atoms with Crippen LogP contribution in [0.15, 0.2) is 24.3 Å². The molecule has 1 aromatic carbocycles. The van der Waals surface area contributed by atoms with Gasteiger partial charge in [-0.3, -0.25) is 10.2 Å². The molecule has 0 saturated carbocycles. The molecule has 0 fully saturated rings. The van der Waals surface area contributed by atoms with Gasteiger partial charge in [-0.1, -0.05) is 18.2 Å². The normalized spacial score (nSPS) is 11.1. The molecule has 0 heterocycles. The van der Waals surface area contributed by atoms with Gasteiger partial charge in [0.25, 0.3) is 5.91 Å². The Morgan fingerprint density at radius 3 is 2.53 bits per heavy atom. The molecular weight excluding hydrogens is 240 g/mol. The number of benzene rings is 1. The van der Waals surface area contributed by atoms with E-state index in [9.17, 15) is 4.79 Å². The third-order valence-corrected chi connectivity index (χ3v) is 2.98. The maximum atomic E-state index is 11.7. The van der Waals surface area contributed by atoms with Crippen LogP contribution in [0.4, 0.5) is 0 Å². The molecule has 0 aliphatic rings. The molecule has 0 bridgehead atoms. The van der Waals surface area contributed by atoms with Gasteiger partial charge in [0.2, 0.25) is 0 Å². The topological polar surface area (TPSA) is 61.6 Å². The van der Waals surface area contributed by atoms with Gasteiger partial charge in [0.05, 0.1) is 0 Å². The molecule has 106 valence electrons. The van der Waals surface area contributed by atoms with Crippen LogP contribution >= 0.6 is 0 Å². The Hall–Kier alpha value is -1.43. The summed E-state index contributed by atoms with van der Waals surface area (Å²) in [6.07, 6.45) is 1.11. The number of hydrazine groups is 1. The maximum absolute atomic E-state index is 11.7. The van der Waals surface area contributed by atoms with Gasteiger partial charge in [0.15, 0.2) is 0 Å². The summed E-state index contributed by atoms with van der Waals surface area (Å²) in [5.41, 5.74) is 3.83. The molecule has 1 amide bonds. The number of carbonyl (C=O) groups is 1. The Balaban J connectivity index is 2.58. The second kappa shape index (κ2) is 7.89. The molecule has 19 heavy (non-hydrogen) atoms. The van der Waals surface area contributed by atoms with Gasteiger partial charge in [-0.2, -0.15) is 0 Å². The minimum atomic E-state index is -0.239. The fourth-order valence-electron chi connectivity index (χ4n) is 1.98. The van der Waals surface area contributed by atoms with Gasteiger partial charge in [0.1, 0.15) is 0 Å². The highest BCUT2D eigenvalue weighted by molar-refractivity contribution is 5.95. The highest BCUT2D eigenvalue weighted by Crippen LogP contribution is 2.11. The van der Waals surface area contributed by atoms with Crippen LogP contribution in [-0.4, -0.2) is 49.9 Å². The summed E-state index contributed by atoms with van der Waals surface area (Å²) in [5, 5.41) is 0. The van der Waals surface area contributed by atoms with Crippen LogP contribution in [0.25, 0.3) is 0 Å². The first-order valence-electron chi connectivity index (χ1n) is 6.46. The lowest BCUT2D eigenvalue weighted by atomic mass is 10.1. The molecular formula is C14H24N4O. The van der Waals surface area contributed by atoms with Crippen LogP contribution in [0, 0.1) is 0 Å². The highest BCUT2D eigenvalue weighted by Gasteiger charge is 2.10. The predicted octanol–water partition coefficient (Wildman–Crippen LogP) is 0.674. The van der Waals surface area contributed by atoms with Crippen molar-refractivity contribution < 1.29 is 4.79 Å². The van der Waals surface area contributed by atoms with Crippen molar-refractivity contribution in [3.63, 3.8) is 0 Å².